The van der Waals surface area contributed by atoms with Crippen LogP contribution in [0.15, 0.2) is 54.6 Å². The van der Waals surface area contributed by atoms with Crippen LogP contribution in [0.4, 0.5) is 15.8 Å². The Kier molecular flexibility index (Phi) is 4.92. The van der Waals surface area contributed by atoms with Gasteiger partial charge >= 0.3 is 0 Å². The third-order valence-corrected chi connectivity index (χ3v) is 7.96. The Bertz CT molecular complexity index is 1590. The van der Waals surface area contributed by atoms with Crippen LogP contribution in [0.1, 0.15) is 11.1 Å². The molecular weight excluding hydrogens is 509 g/mol. The second-order valence-corrected chi connectivity index (χ2v) is 10.1. The molecule has 2 fully saturated rings. The van der Waals surface area contributed by atoms with Crippen LogP contribution in [-0.4, -0.2) is 47.2 Å². The zero-order valence-corrected chi connectivity index (χ0v) is 20.3. The van der Waals surface area contributed by atoms with Crippen molar-refractivity contribution in [1.29, 1.82) is 0 Å². The van der Waals surface area contributed by atoms with Gasteiger partial charge in [-0.15, -0.1) is 0 Å². The fourth-order valence-corrected chi connectivity index (χ4v) is 6.32. The number of carbonyl (C=O) groups is 3. The summed E-state index contributed by atoms with van der Waals surface area (Å²) in [5, 5.41) is 25.7. The minimum absolute atomic E-state index is 0.142. The number of nitrogens with one attached hydrogen (secondary N) is 2. The van der Waals surface area contributed by atoms with Gasteiger partial charge in [0.1, 0.15) is 24.6 Å². The summed E-state index contributed by atoms with van der Waals surface area (Å²) in [6, 6.07) is 12.1. The number of carbonyl (C=O) groups excluding carboxylic acids is 3. The van der Waals surface area contributed by atoms with Gasteiger partial charge in [-0.3, -0.25) is 19.7 Å². The highest BCUT2D eigenvalue weighted by molar-refractivity contribution is 6.26. The second-order valence-electron chi connectivity index (χ2n) is 10.1. The summed E-state index contributed by atoms with van der Waals surface area (Å²) in [5.41, 5.74) is -0.245. The minimum atomic E-state index is -1.69. The predicted molar refractivity (Wildman–Crippen MR) is 134 cm³/mol. The van der Waals surface area contributed by atoms with E-state index in [-0.39, 0.29) is 29.2 Å². The molecule has 0 aliphatic carbocycles. The number of imide groups is 1. The summed E-state index contributed by atoms with van der Waals surface area (Å²) in [7, 11) is 0. The molecule has 0 radical (unpaired) electrons. The molecule has 10 nitrogen and oxygen atoms in total. The van der Waals surface area contributed by atoms with Crippen LogP contribution < -0.4 is 25.0 Å². The van der Waals surface area contributed by atoms with Gasteiger partial charge < -0.3 is 25.0 Å². The lowest BCUT2D eigenvalue weighted by Crippen LogP contribution is -2.53. The smallest absolute Gasteiger partial charge is 0.250 e. The van der Waals surface area contributed by atoms with Gasteiger partial charge in [-0.05, 0) is 54.4 Å². The normalized spacial score (nSPS) is 26.6. The van der Waals surface area contributed by atoms with Crippen LogP contribution in [0.3, 0.4) is 0 Å². The molecule has 4 aliphatic rings. The monoisotopic (exact) mass is 531 g/mol. The van der Waals surface area contributed by atoms with Crippen molar-refractivity contribution < 1.29 is 38.5 Å². The first-order valence-electron chi connectivity index (χ1n) is 12.5. The number of aromatic hydroxyl groups is 2. The first-order valence-corrected chi connectivity index (χ1v) is 12.5. The van der Waals surface area contributed by atoms with Gasteiger partial charge in [-0.2, -0.15) is 0 Å². The Morgan fingerprint density at radius 3 is 2.51 bits per heavy atom. The Balaban J connectivity index is 1.35. The van der Waals surface area contributed by atoms with Crippen LogP contribution >= 0.6 is 0 Å². The maximum atomic E-state index is 14.5. The van der Waals surface area contributed by atoms with E-state index in [0.717, 1.165) is 4.90 Å². The molecule has 1 spiro atoms. The van der Waals surface area contributed by atoms with E-state index in [1.165, 1.54) is 30.3 Å². The fraction of sp³-hybridized carbons (Fsp3) is 0.250. The maximum Gasteiger partial charge on any atom is 0.250 e. The Morgan fingerprint density at radius 1 is 0.923 bits per heavy atom. The average Bonchev–Trinajstić information content (AvgIpc) is 3.50. The Morgan fingerprint density at radius 2 is 1.72 bits per heavy atom. The molecule has 4 N–H and O–H groups in total. The number of amides is 3. The zero-order chi connectivity index (χ0) is 27.1. The summed E-state index contributed by atoms with van der Waals surface area (Å²) in [6.45, 7) is 0.701. The van der Waals surface area contributed by atoms with Crippen LogP contribution in [-0.2, 0) is 26.3 Å². The molecule has 3 aromatic carbocycles. The Labute approximate surface area is 220 Å². The molecule has 4 heterocycles. The molecule has 7 rings (SSSR count). The summed E-state index contributed by atoms with van der Waals surface area (Å²) < 4.78 is 25.7. The summed E-state index contributed by atoms with van der Waals surface area (Å²) in [5.74, 6) is -4.17. The van der Waals surface area contributed by atoms with Crippen LogP contribution in [0.2, 0.25) is 0 Å². The lowest BCUT2D eigenvalue weighted by Gasteiger charge is -2.30. The third kappa shape index (κ3) is 3.26. The highest BCUT2D eigenvalue weighted by atomic mass is 19.1. The number of anilines is 2. The zero-order valence-electron chi connectivity index (χ0n) is 20.3. The molecule has 0 unspecified atom stereocenters. The van der Waals surface area contributed by atoms with Gasteiger partial charge in [0.25, 0.3) is 0 Å². The summed E-state index contributed by atoms with van der Waals surface area (Å²) in [6.07, 6.45) is 0.142. The number of phenols is 2. The largest absolute Gasteiger partial charge is 0.504 e. The molecule has 3 aromatic rings. The van der Waals surface area contributed by atoms with Gasteiger partial charge in [-0.1, -0.05) is 6.07 Å². The molecule has 11 heteroatoms. The van der Waals surface area contributed by atoms with Crippen molar-refractivity contribution in [2.45, 2.75) is 18.0 Å². The van der Waals surface area contributed by atoms with Crippen molar-refractivity contribution >= 4 is 29.1 Å². The number of rotatable bonds is 3. The van der Waals surface area contributed by atoms with Crippen LogP contribution in [0.25, 0.3) is 0 Å². The van der Waals surface area contributed by atoms with E-state index in [1.807, 2.05) is 0 Å². The number of phenolic OH excluding ortho intramolecular Hbond substituents is 2. The SMILES string of the molecule is O=C1[C@H]2[C@@H](C(=O)N1c1ccc3c(c1)OCCO3)[C@]1(N[C@@H]2Cc2ccc(O)c(O)c2)C(=O)Nc2ccc(F)cc21. The molecule has 0 saturated carbocycles. The number of fused-ring (bicyclic) bond motifs is 5. The maximum absolute atomic E-state index is 14.5. The number of benzene rings is 3. The van der Waals surface area contributed by atoms with Gasteiger partial charge in [-0.25, -0.2) is 9.29 Å². The second kappa shape index (κ2) is 8.18. The van der Waals surface area contributed by atoms with Gasteiger partial charge in [0.2, 0.25) is 17.7 Å². The van der Waals surface area contributed by atoms with E-state index in [1.54, 1.807) is 24.3 Å². The molecule has 2 saturated heterocycles. The van der Waals surface area contributed by atoms with Crippen molar-refractivity contribution in [1.82, 2.24) is 5.32 Å². The van der Waals surface area contributed by atoms with Crippen molar-refractivity contribution in [2.75, 3.05) is 23.4 Å². The highest BCUT2D eigenvalue weighted by Crippen LogP contribution is 2.54. The molecule has 4 aliphatic heterocycles. The fourth-order valence-electron chi connectivity index (χ4n) is 6.32. The van der Waals surface area contributed by atoms with Gasteiger partial charge in [0.15, 0.2) is 23.0 Å². The van der Waals surface area contributed by atoms with Gasteiger partial charge in [0, 0.05) is 23.4 Å². The van der Waals surface area contributed by atoms with E-state index in [9.17, 15) is 29.0 Å². The van der Waals surface area contributed by atoms with E-state index in [0.29, 0.717) is 36.0 Å². The van der Waals surface area contributed by atoms with E-state index >= 15 is 0 Å². The number of hydrogen-bond acceptors (Lipinski definition) is 8. The summed E-state index contributed by atoms with van der Waals surface area (Å²) in [4.78, 5) is 42.8. The molecular formula is C28H22FN3O7. The van der Waals surface area contributed by atoms with Crippen molar-refractivity contribution in [3.63, 3.8) is 0 Å². The number of hydrogen-bond donors (Lipinski definition) is 4. The molecule has 0 aromatic heterocycles. The molecule has 3 amide bonds. The molecule has 4 atom stereocenters. The van der Waals surface area contributed by atoms with Crippen LogP contribution in [0, 0.1) is 17.7 Å². The van der Waals surface area contributed by atoms with Crippen LogP contribution in [0.5, 0.6) is 23.0 Å². The third-order valence-electron chi connectivity index (χ3n) is 7.96. The molecule has 39 heavy (non-hydrogen) atoms. The van der Waals surface area contributed by atoms with Crippen molar-refractivity contribution in [2.24, 2.45) is 11.8 Å². The number of nitrogens with zero attached hydrogens (tertiary/aromatic N) is 1. The first kappa shape index (κ1) is 23.5. The predicted octanol–water partition coefficient (Wildman–Crippen LogP) is 2.18. The van der Waals surface area contributed by atoms with E-state index in [4.69, 9.17) is 9.47 Å². The summed E-state index contributed by atoms with van der Waals surface area (Å²) >= 11 is 0. The lowest BCUT2D eigenvalue weighted by molar-refractivity contribution is -0.130. The Hall–Kier alpha value is -4.64. The number of ether oxygens (including phenoxy) is 2. The topological polar surface area (TPSA) is 137 Å². The lowest BCUT2D eigenvalue weighted by atomic mass is 9.76. The van der Waals surface area contributed by atoms with Crippen molar-refractivity contribution in [3.8, 4) is 23.0 Å². The quantitative estimate of drug-likeness (QED) is 0.298. The van der Waals surface area contributed by atoms with Gasteiger partial charge in [0.05, 0.1) is 17.5 Å². The first-order chi connectivity index (χ1) is 18.8. The molecule has 198 valence electrons. The minimum Gasteiger partial charge on any atom is -0.504 e. The standard InChI is InChI=1S/C28H22FN3O7/c29-14-2-4-17-16(11-14)28(27(37)30-17)24-23(18(31-28)9-13-1-5-19(33)20(34)10-13)25(35)32(26(24)36)15-3-6-21-22(12-15)39-8-7-38-21/h1-6,10-12,18,23-24,31,33-34H,7-9H2,(H,30,37)/t18-,23-,24+,28+/m1/s1. The van der Waals surface area contributed by atoms with Crippen molar-refractivity contribution in [3.05, 3.63) is 71.5 Å². The van der Waals surface area contributed by atoms with E-state index in [2.05, 4.69) is 10.6 Å². The average molecular weight is 531 g/mol. The van der Waals surface area contributed by atoms with E-state index < -0.39 is 47.0 Å². The number of halogens is 1. The molecule has 0 bridgehead atoms. The highest BCUT2D eigenvalue weighted by Gasteiger charge is 2.70.